The van der Waals surface area contributed by atoms with Gasteiger partial charge in [-0.2, -0.15) is 4.98 Å². The fraction of sp³-hybridized carbons (Fsp3) is 0.300. The Morgan fingerprint density at radius 2 is 2.04 bits per heavy atom. The second kappa shape index (κ2) is 7.18. The number of nitrogens with zero attached hydrogens (tertiary/aromatic N) is 2. The van der Waals surface area contributed by atoms with Gasteiger partial charge in [-0.3, -0.25) is 4.57 Å². The summed E-state index contributed by atoms with van der Waals surface area (Å²) in [6, 6.07) is 12.7. The van der Waals surface area contributed by atoms with Crippen LogP contribution in [-0.2, 0) is 25.1 Å². The molecular weight excluding hydrogens is 348 g/mol. The lowest BCUT2D eigenvalue weighted by atomic mass is 10.2. The van der Waals surface area contributed by atoms with Crippen molar-refractivity contribution in [3.05, 3.63) is 79.5 Å². The van der Waals surface area contributed by atoms with Crippen molar-refractivity contribution in [3.8, 4) is 0 Å². The van der Waals surface area contributed by atoms with Crippen LogP contribution in [0.5, 0.6) is 0 Å². The number of aromatic nitrogens is 2. The zero-order valence-electron chi connectivity index (χ0n) is 14.2. The van der Waals surface area contributed by atoms with Crippen molar-refractivity contribution in [2.24, 2.45) is 0 Å². The highest BCUT2D eigenvalue weighted by molar-refractivity contribution is 7.98. The zero-order valence-corrected chi connectivity index (χ0v) is 15.8. The van der Waals surface area contributed by atoms with Crippen LogP contribution in [0.2, 0.25) is 0 Å². The summed E-state index contributed by atoms with van der Waals surface area (Å²) in [5.74, 6) is 0.855. The van der Waals surface area contributed by atoms with E-state index >= 15 is 0 Å². The van der Waals surface area contributed by atoms with Gasteiger partial charge >= 0.3 is 5.69 Å². The molecule has 0 radical (unpaired) electrons. The summed E-state index contributed by atoms with van der Waals surface area (Å²) >= 11 is 3.39. The standard InChI is InChI=1S/C20H20N2OS2/c1-14-7-9-15(10-8-14)13-25-19-17-5-2-6-18(17)22(20(23)21-19)12-16-4-3-11-24-16/h3-4,7-11H,2,5-6,12-13H2,1H3. The molecule has 1 aliphatic carbocycles. The third-order valence-electron chi connectivity index (χ3n) is 4.59. The first-order valence-corrected chi connectivity index (χ1v) is 10.4. The lowest BCUT2D eigenvalue weighted by molar-refractivity contribution is 0.673. The van der Waals surface area contributed by atoms with Gasteiger partial charge in [-0.25, -0.2) is 4.79 Å². The average Bonchev–Trinajstić information content (AvgIpc) is 3.29. The highest BCUT2D eigenvalue weighted by Crippen LogP contribution is 2.31. The quantitative estimate of drug-likeness (QED) is 0.493. The van der Waals surface area contributed by atoms with Crippen LogP contribution in [0.15, 0.2) is 51.6 Å². The van der Waals surface area contributed by atoms with Crippen molar-refractivity contribution in [1.29, 1.82) is 0 Å². The molecule has 0 fully saturated rings. The van der Waals surface area contributed by atoms with E-state index in [9.17, 15) is 4.79 Å². The maximum Gasteiger partial charge on any atom is 0.349 e. The Morgan fingerprint density at radius 3 is 2.80 bits per heavy atom. The molecule has 2 heterocycles. The second-order valence-corrected chi connectivity index (χ2v) is 8.41. The summed E-state index contributed by atoms with van der Waals surface area (Å²) in [7, 11) is 0. The second-order valence-electron chi connectivity index (χ2n) is 6.42. The summed E-state index contributed by atoms with van der Waals surface area (Å²) in [5.41, 5.74) is 4.91. The Labute approximate surface area is 155 Å². The number of hydrogen-bond acceptors (Lipinski definition) is 4. The molecule has 0 bridgehead atoms. The Balaban J connectivity index is 1.61. The van der Waals surface area contributed by atoms with Gasteiger partial charge in [0.25, 0.3) is 0 Å². The fourth-order valence-corrected chi connectivity index (χ4v) is 4.99. The summed E-state index contributed by atoms with van der Waals surface area (Å²) < 4.78 is 1.88. The lowest BCUT2D eigenvalue weighted by Gasteiger charge is -2.13. The number of thiophene rings is 1. The normalized spacial score (nSPS) is 13.2. The van der Waals surface area contributed by atoms with Crippen molar-refractivity contribution in [2.45, 2.75) is 43.5 Å². The van der Waals surface area contributed by atoms with Crippen LogP contribution >= 0.6 is 23.1 Å². The smallest absolute Gasteiger partial charge is 0.291 e. The molecule has 5 heteroatoms. The van der Waals surface area contributed by atoms with Crippen LogP contribution in [0, 0.1) is 6.92 Å². The Kier molecular flexibility index (Phi) is 4.77. The highest BCUT2D eigenvalue weighted by atomic mass is 32.2. The first-order valence-electron chi connectivity index (χ1n) is 8.54. The minimum absolute atomic E-state index is 0.111. The van der Waals surface area contributed by atoms with Gasteiger partial charge in [0.05, 0.1) is 6.54 Å². The maximum atomic E-state index is 12.6. The minimum atomic E-state index is -0.111. The molecule has 0 unspecified atom stereocenters. The van der Waals surface area contributed by atoms with E-state index in [0.29, 0.717) is 6.54 Å². The number of benzene rings is 1. The molecule has 0 atom stereocenters. The van der Waals surface area contributed by atoms with Crippen molar-refractivity contribution < 1.29 is 0 Å². The lowest BCUT2D eigenvalue weighted by Crippen LogP contribution is -2.27. The van der Waals surface area contributed by atoms with Crippen molar-refractivity contribution in [3.63, 3.8) is 0 Å². The Morgan fingerprint density at radius 1 is 1.20 bits per heavy atom. The molecule has 1 aromatic carbocycles. The monoisotopic (exact) mass is 368 g/mol. The molecule has 2 aromatic heterocycles. The summed E-state index contributed by atoms with van der Waals surface area (Å²) in [4.78, 5) is 18.3. The molecule has 0 spiro atoms. The van der Waals surface area contributed by atoms with Gasteiger partial charge < -0.3 is 0 Å². The van der Waals surface area contributed by atoms with Gasteiger partial charge in [0, 0.05) is 21.9 Å². The van der Waals surface area contributed by atoms with Gasteiger partial charge in [-0.05, 0) is 43.2 Å². The van der Waals surface area contributed by atoms with E-state index in [4.69, 9.17) is 0 Å². The molecule has 3 nitrogen and oxygen atoms in total. The maximum absolute atomic E-state index is 12.6. The van der Waals surface area contributed by atoms with Crippen LogP contribution in [0.3, 0.4) is 0 Å². The first-order chi connectivity index (χ1) is 12.2. The molecule has 25 heavy (non-hydrogen) atoms. The van der Waals surface area contributed by atoms with E-state index in [1.807, 2.05) is 10.6 Å². The molecule has 1 aliphatic rings. The molecule has 0 saturated heterocycles. The van der Waals surface area contributed by atoms with Gasteiger partial charge in [-0.15, -0.1) is 23.1 Å². The molecular formula is C20H20N2OS2. The predicted octanol–water partition coefficient (Wildman–Crippen LogP) is 4.44. The van der Waals surface area contributed by atoms with E-state index in [1.54, 1.807) is 23.1 Å². The fourth-order valence-electron chi connectivity index (χ4n) is 3.26. The Hall–Kier alpha value is -1.85. The molecule has 0 amide bonds. The van der Waals surface area contributed by atoms with Crippen molar-refractivity contribution in [2.75, 3.05) is 0 Å². The average molecular weight is 369 g/mol. The summed E-state index contributed by atoms with van der Waals surface area (Å²) in [5, 5.41) is 2.99. The van der Waals surface area contributed by atoms with Gasteiger partial charge in [0.1, 0.15) is 5.03 Å². The third-order valence-corrected chi connectivity index (χ3v) is 6.54. The predicted molar refractivity (Wildman–Crippen MR) is 105 cm³/mol. The van der Waals surface area contributed by atoms with Gasteiger partial charge in [0.2, 0.25) is 0 Å². The van der Waals surface area contributed by atoms with Crippen LogP contribution in [-0.4, -0.2) is 9.55 Å². The molecule has 0 aliphatic heterocycles. The van der Waals surface area contributed by atoms with Gasteiger partial charge in [0.15, 0.2) is 0 Å². The van der Waals surface area contributed by atoms with Crippen molar-refractivity contribution >= 4 is 23.1 Å². The molecule has 0 N–H and O–H groups in total. The highest BCUT2D eigenvalue weighted by Gasteiger charge is 2.22. The van der Waals surface area contributed by atoms with E-state index < -0.39 is 0 Å². The van der Waals surface area contributed by atoms with Crippen molar-refractivity contribution in [1.82, 2.24) is 9.55 Å². The summed E-state index contributed by atoms with van der Waals surface area (Å²) in [6.07, 6.45) is 3.13. The largest absolute Gasteiger partial charge is 0.349 e. The number of hydrogen-bond donors (Lipinski definition) is 0. The molecule has 0 saturated carbocycles. The van der Waals surface area contributed by atoms with E-state index in [1.165, 1.54) is 27.3 Å². The van der Waals surface area contributed by atoms with E-state index in [0.717, 1.165) is 30.0 Å². The summed E-state index contributed by atoms with van der Waals surface area (Å²) in [6.45, 7) is 2.74. The van der Waals surface area contributed by atoms with Crippen LogP contribution in [0.1, 0.15) is 33.7 Å². The minimum Gasteiger partial charge on any atom is -0.291 e. The zero-order chi connectivity index (χ0) is 17.2. The SMILES string of the molecule is Cc1ccc(CSc2nc(=O)n(Cc3cccs3)c3c2CCC3)cc1. The number of fused-ring (bicyclic) bond motifs is 1. The number of rotatable bonds is 5. The van der Waals surface area contributed by atoms with E-state index in [-0.39, 0.29) is 5.69 Å². The molecule has 3 aromatic rings. The molecule has 4 rings (SSSR count). The first kappa shape index (κ1) is 16.6. The van der Waals surface area contributed by atoms with Gasteiger partial charge in [-0.1, -0.05) is 35.9 Å². The number of aryl methyl sites for hydroxylation is 1. The van der Waals surface area contributed by atoms with Crippen LogP contribution in [0.25, 0.3) is 0 Å². The Bertz CT molecular complexity index is 928. The molecule has 128 valence electrons. The third kappa shape index (κ3) is 3.58. The number of thioether (sulfide) groups is 1. The van der Waals surface area contributed by atoms with E-state index in [2.05, 4.69) is 47.6 Å². The topological polar surface area (TPSA) is 34.9 Å². The van der Waals surface area contributed by atoms with Crippen LogP contribution < -0.4 is 5.69 Å². The van der Waals surface area contributed by atoms with Crippen LogP contribution in [0.4, 0.5) is 0 Å².